The van der Waals surface area contributed by atoms with Crippen LogP contribution in [0, 0.1) is 5.92 Å². The molecule has 0 saturated heterocycles. The van der Waals surface area contributed by atoms with Crippen LogP contribution < -0.4 is 0 Å². The summed E-state index contributed by atoms with van der Waals surface area (Å²) in [5.41, 5.74) is 0.823. The Morgan fingerprint density at radius 1 is 1.70 bits per heavy atom. The molecule has 1 aliphatic rings. The number of hydrogen-bond donors (Lipinski definition) is 0. The molecule has 0 aromatic carbocycles. The Morgan fingerprint density at radius 3 is 3.20 bits per heavy atom. The molecule has 0 fully saturated rings. The fraction of sp³-hybridized carbons (Fsp3) is 0.444. The molecule has 1 aliphatic carbocycles. The van der Waals surface area contributed by atoms with Crippen molar-refractivity contribution in [3.8, 4) is 0 Å². The average Bonchev–Trinajstić information content (AvgIpc) is 2.14. The summed E-state index contributed by atoms with van der Waals surface area (Å²) < 4.78 is 0. The molecule has 0 saturated carbocycles. The molecule has 0 bridgehead atoms. The van der Waals surface area contributed by atoms with E-state index in [0.717, 1.165) is 24.7 Å². The maximum atomic E-state index is 10.3. The molecule has 0 heterocycles. The zero-order valence-electron chi connectivity index (χ0n) is 6.21. The van der Waals surface area contributed by atoms with Gasteiger partial charge in [-0.1, -0.05) is 25.2 Å². The van der Waals surface area contributed by atoms with Crippen LogP contribution in [0.4, 0.5) is 0 Å². The van der Waals surface area contributed by atoms with Gasteiger partial charge in [0.25, 0.3) is 0 Å². The first-order chi connectivity index (χ1) is 4.83. The second-order valence-corrected chi connectivity index (χ2v) is 2.74. The molecule has 1 nitrogen and oxygen atoms in total. The van der Waals surface area contributed by atoms with Crippen LogP contribution in [0.5, 0.6) is 0 Å². The highest BCUT2D eigenvalue weighted by atomic mass is 16.1. The minimum Gasteiger partial charge on any atom is -0.298 e. The number of hydrogen-bond acceptors (Lipinski definition) is 1. The van der Waals surface area contributed by atoms with E-state index in [2.05, 4.69) is 13.0 Å². The molecule has 10 heavy (non-hydrogen) atoms. The zero-order chi connectivity index (χ0) is 7.40. The van der Waals surface area contributed by atoms with E-state index in [1.807, 2.05) is 12.2 Å². The number of carbonyl (C=O) groups is 1. The molecule has 0 radical (unpaired) electrons. The van der Waals surface area contributed by atoms with Gasteiger partial charge in [-0.3, -0.25) is 4.79 Å². The van der Waals surface area contributed by atoms with Crippen molar-refractivity contribution in [3.63, 3.8) is 0 Å². The molecule has 0 aromatic rings. The molecule has 0 aliphatic heterocycles. The first-order valence-electron chi connectivity index (χ1n) is 3.66. The van der Waals surface area contributed by atoms with Gasteiger partial charge in [0.2, 0.25) is 0 Å². The molecular weight excluding hydrogens is 124 g/mol. The molecule has 1 unspecified atom stereocenters. The Bertz CT molecular complexity index is 177. The minimum absolute atomic E-state index is 0.619. The summed E-state index contributed by atoms with van der Waals surface area (Å²) in [5.74, 6) is 0.619. The SMILES string of the molecule is CC1C=CC(C=O)=CCC1. The van der Waals surface area contributed by atoms with Gasteiger partial charge in [0.15, 0.2) is 0 Å². The van der Waals surface area contributed by atoms with Gasteiger partial charge in [-0.2, -0.15) is 0 Å². The average molecular weight is 136 g/mol. The first kappa shape index (κ1) is 7.26. The predicted octanol–water partition coefficient (Wildman–Crippen LogP) is 2.10. The lowest BCUT2D eigenvalue weighted by Crippen LogP contribution is -1.84. The summed E-state index contributed by atoms with van der Waals surface area (Å²) in [6.07, 6.45) is 9.09. The van der Waals surface area contributed by atoms with Crippen molar-refractivity contribution in [2.45, 2.75) is 19.8 Å². The predicted molar refractivity (Wildman–Crippen MR) is 41.7 cm³/mol. The van der Waals surface area contributed by atoms with E-state index >= 15 is 0 Å². The normalized spacial score (nSPS) is 25.3. The summed E-state index contributed by atoms with van der Waals surface area (Å²) >= 11 is 0. The van der Waals surface area contributed by atoms with E-state index in [9.17, 15) is 4.79 Å². The summed E-state index contributed by atoms with van der Waals surface area (Å²) in [4.78, 5) is 10.3. The van der Waals surface area contributed by atoms with E-state index in [1.165, 1.54) is 0 Å². The Morgan fingerprint density at radius 2 is 2.50 bits per heavy atom. The quantitative estimate of drug-likeness (QED) is 0.504. The van der Waals surface area contributed by atoms with Crippen LogP contribution in [-0.4, -0.2) is 6.29 Å². The minimum atomic E-state index is 0.619. The van der Waals surface area contributed by atoms with Crippen molar-refractivity contribution in [1.29, 1.82) is 0 Å². The lowest BCUT2D eigenvalue weighted by molar-refractivity contribution is -0.104. The third-order valence-electron chi connectivity index (χ3n) is 1.76. The van der Waals surface area contributed by atoms with Gasteiger partial charge in [0.05, 0.1) is 0 Å². The van der Waals surface area contributed by atoms with Crippen molar-refractivity contribution >= 4 is 6.29 Å². The van der Waals surface area contributed by atoms with E-state index in [1.54, 1.807) is 0 Å². The van der Waals surface area contributed by atoms with E-state index in [0.29, 0.717) is 5.92 Å². The van der Waals surface area contributed by atoms with Gasteiger partial charge in [0, 0.05) is 5.57 Å². The first-order valence-corrected chi connectivity index (χ1v) is 3.66. The monoisotopic (exact) mass is 136 g/mol. The molecule has 1 heteroatoms. The number of carbonyl (C=O) groups excluding carboxylic acids is 1. The molecule has 54 valence electrons. The van der Waals surface area contributed by atoms with Gasteiger partial charge in [0.1, 0.15) is 6.29 Å². The van der Waals surface area contributed by atoms with Gasteiger partial charge in [-0.15, -0.1) is 0 Å². The number of aldehydes is 1. The lowest BCUT2D eigenvalue weighted by atomic mass is 10.1. The molecule has 1 rings (SSSR count). The number of allylic oxidation sites excluding steroid dienone is 4. The highest BCUT2D eigenvalue weighted by Crippen LogP contribution is 2.13. The highest BCUT2D eigenvalue weighted by Gasteiger charge is 2.00. The van der Waals surface area contributed by atoms with Crippen molar-refractivity contribution in [2.24, 2.45) is 5.92 Å². The summed E-state index contributed by atoms with van der Waals surface area (Å²) in [6.45, 7) is 2.16. The second-order valence-electron chi connectivity index (χ2n) is 2.74. The third kappa shape index (κ3) is 1.83. The molecule has 0 N–H and O–H groups in total. The van der Waals surface area contributed by atoms with Crippen LogP contribution >= 0.6 is 0 Å². The van der Waals surface area contributed by atoms with Gasteiger partial charge in [-0.05, 0) is 18.8 Å². The van der Waals surface area contributed by atoms with Crippen LogP contribution in [0.1, 0.15) is 19.8 Å². The Hall–Kier alpha value is -0.850. The second kappa shape index (κ2) is 3.35. The van der Waals surface area contributed by atoms with Crippen LogP contribution in [0.15, 0.2) is 23.8 Å². The van der Waals surface area contributed by atoms with Crippen LogP contribution in [0.25, 0.3) is 0 Å². The fourth-order valence-corrected chi connectivity index (χ4v) is 1.04. The summed E-state index contributed by atoms with van der Waals surface area (Å²) in [5, 5.41) is 0. The van der Waals surface area contributed by atoms with E-state index in [-0.39, 0.29) is 0 Å². The largest absolute Gasteiger partial charge is 0.298 e. The van der Waals surface area contributed by atoms with Gasteiger partial charge in [-0.25, -0.2) is 0 Å². The molecule has 0 spiro atoms. The third-order valence-corrected chi connectivity index (χ3v) is 1.76. The zero-order valence-corrected chi connectivity index (χ0v) is 6.21. The topological polar surface area (TPSA) is 17.1 Å². The molecule has 1 atom stereocenters. The van der Waals surface area contributed by atoms with Crippen molar-refractivity contribution < 1.29 is 4.79 Å². The maximum absolute atomic E-state index is 10.3. The molecule has 0 amide bonds. The molecular formula is C9H12O. The summed E-state index contributed by atoms with van der Waals surface area (Å²) in [7, 11) is 0. The standard InChI is InChI=1S/C9H12O/c1-8-3-2-4-9(7-10)6-5-8/h4-8H,2-3H2,1H3. The fourth-order valence-electron chi connectivity index (χ4n) is 1.04. The van der Waals surface area contributed by atoms with Gasteiger partial charge < -0.3 is 0 Å². The smallest absolute Gasteiger partial charge is 0.149 e. The lowest BCUT2D eigenvalue weighted by Gasteiger charge is -1.97. The van der Waals surface area contributed by atoms with Crippen molar-refractivity contribution in [1.82, 2.24) is 0 Å². The maximum Gasteiger partial charge on any atom is 0.149 e. The van der Waals surface area contributed by atoms with Gasteiger partial charge >= 0.3 is 0 Å². The Kier molecular flexibility index (Phi) is 2.43. The van der Waals surface area contributed by atoms with Crippen molar-refractivity contribution in [3.05, 3.63) is 23.8 Å². The van der Waals surface area contributed by atoms with E-state index < -0.39 is 0 Å². The van der Waals surface area contributed by atoms with Crippen LogP contribution in [0.3, 0.4) is 0 Å². The van der Waals surface area contributed by atoms with E-state index in [4.69, 9.17) is 0 Å². The Labute approximate surface area is 61.4 Å². The van der Waals surface area contributed by atoms with Crippen molar-refractivity contribution in [2.75, 3.05) is 0 Å². The van der Waals surface area contributed by atoms with Crippen LogP contribution in [-0.2, 0) is 4.79 Å². The number of rotatable bonds is 1. The highest BCUT2D eigenvalue weighted by molar-refractivity contribution is 5.77. The summed E-state index contributed by atoms with van der Waals surface area (Å²) in [6, 6.07) is 0. The molecule has 0 aromatic heterocycles. The Balaban J connectivity index is 2.66. The van der Waals surface area contributed by atoms with Crippen LogP contribution in [0.2, 0.25) is 0 Å².